The summed E-state index contributed by atoms with van der Waals surface area (Å²) < 4.78 is 98.0. The quantitative estimate of drug-likeness (QED) is 0.127. The highest BCUT2D eigenvalue weighted by Gasteiger charge is 2.41. The predicted octanol–water partition coefficient (Wildman–Crippen LogP) is 0.936. The molecular weight excluding hydrogens is 698 g/mol. The third-order valence-corrected chi connectivity index (χ3v) is 7.54. The first-order chi connectivity index (χ1) is 23.5. The van der Waals surface area contributed by atoms with Crippen molar-refractivity contribution in [3.05, 3.63) is 57.6 Å². The van der Waals surface area contributed by atoms with Crippen LogP contribution in [0.25, 0.3) is 0 Å². The number of alkyl halides is 6. The molecule has 2 unspecified atom stereocenters. The van der Waals surface area contributed by atoms with Crippen LogP contribution in [-0.2, 0) is 54.0 Å². The molecule has 3 amide bonds. The highest BCUT2D eigenvalue weighted by atomic mass is 19.4. The fraction of sp³-hybridized carbons (Fsp3) is 0.433. The maximum absolute atomic E-state index is 13.9. The predicted molar refractivity (Wildman–Crippen MR) is 164 cm³/mol. The average Bonchev–Trinajstić information content (AvgIpc) is 3.64. The van der Waals surface area contributed by atoms with Crippen molar-refractivity contribution in [1.82, 2.24) is 16.0 Å². The SMILES string of the molecule is CC(C)(C)OC(=O)C(CCC(=O)O)NC(=O)C(CNC(=O)c1cc2c(c(C(F)(F)F)c1)CO[B]2)NC(=O)c1cc2c(c(C(F)(F)F)c1)COB2O. The summed E-state index contributed by atoms with van der Waals surface area (Å²) in [5.41, 5.74) is -5.87. The summed E-state index contributed by atoms with van der Waals surface area (Å²) in [6.07, 6.45) is -11.0. The Morgan fingerprint density at radius 3 is 2.08 bits per heavy atom. The van der Waals surface area contributed by atoms with Crippen molar-refractivity contribution in [1.29, 1.82) is 0 Å². The topological polar surface area (TPSA) is 190 Å². The van der Waals surface area contributed by atoms with Gasteiger partial charge in [-0.3, -0.25) is 19.2 Å². The normalized spacial score (nSPS) is 15.2. The maximum atomic E-state index is 13.9. The molecule has 13 nitrogen and oxygen atoms in total. The molecule has 1 radical (unpaired) electrons. The van der Waals surface area contributed by atoms with Crippen molar-refractivity contribution >= 4 is 55.2 Å². The summed E-state index contributed by atoms with van der Waals surface area (Å²) in [6.45, 7) is 2.55. The molecule has 0 aliphatic carbocycles. The van der Waals surface area contributed by atoms with Gasteiger partial charge in [-0.15, -0.1) is 0 Å². The molecule has 0 bridgehead atoms. The minimum atomic E-state index is -5.00. The average molecular weight is 728 g/mol. The van der Waals surface area contributed by atoms with E-state index in [1.54, 1.807) is 0 Å². The van der Waals surface area contributed by atoms with Gasteiger partial charge in [0.25, 0.3) is 11.8 Å². The molecule has 2 atom stereocenters. The monoisotopic (exact) mass is 728 g/mol. The van der Waals surface area contributed by atoms with Gasteiger partial charge in [-0.1, -0.05) is 6.07 Å². The zero-order valence-corrected chi connectivity index (χ0v) is 27.1. The van der Waals surface area contributed by atoms with Gasteiger partial charge in [-0.25, -0.2) is 4.79 Å². The Morgan fingerprint density at radius 1 is 0.882 bits per heavy atom. The van der Waals surface area contributed by atoms with Gasteiger partial charge in [0.2, 0.25) is 5.91 Å². The lowest BCUT2D eigenvalue weighted by atomic mass is 9.77. The van der Waals surface area contributed by atoms with Gasteiger partial charge in [0, 0.05) is 24.1 Å². The van der Waals surface area contributed by atoms with Gasteiger partial charge in [0.15, 0.2) is 0 Å². The Balaban J connectivity index is 1.65. The van der Waals surface area contributed by atoms with Crippen LogP contribution >= 0.6 is 0 Å². The van der Waals surface area contributed by atoms with Crippen LogP contribution in [0.4, 0.5) is 26.3 Å². The second-order valence-corrected chi connectivity index (χ2v) is 12.5. The number of carboxylic acid groups (broad SMARTS) is 1. The second kappa shape index (κ2) is 14.9. The van der Waals surface area contributed by atoms with E-state index < -0.39 is 127 Å². The molecule has 4 rings (SSSR count). The second-order valence-electron chi connectivity index (χ2n) is 12.5. The third-order valence-electron chi connectivity index (χ3n) is 7.54. The first kappa shape index (κ1) is 39.2. The van der Waals surface area contributed by atoms with Crippen LogP contribution in [0.2, 0.25) is 0 Å². The molecule has 51 heavy (non-hydrogen) atoms. The zero-order chi connectivity index (χ0) is 38.1. The lowest BCUT2D eigenvalue weighted by molar-refractivity contribution is -0.159. The van der Waals surface area contributed by atoms with E-state index >= 15 is 0 Å². The molecule has 2 heterocycles. The highest BCUT2D eigenvalue weighted by Crippen LogP contribution is 2.35. The number of nitrogens with one attached hydrogen (secondary N) is 3. The summed E-state index contributed by atoms with van der Waals surface area (Å²) in [5.74, 6) is -6.18. The van der Waals surface area contributed by atoms with Gasteiger partial charge in [-0.05, 0) is 67.4 Å². The Kier molecular flexibility index (Phi) is 11.5. The summed E-state index contributed by atoms with van der Waals surface area (Å²) >= 11 is 0. The number of halogens is 6. The molecule has 5 N–H and O–H groups in total. The van der Waals surface area contributed by atoms with E-state index in [1.165, 1.54) is 20.8 Å². The molecule has 2 aliphatic heterocycles. The van der Waals surface area contributed by atoms with Crippen molar-refractivity contribution in [3.63, 3.8) is 0 Å². The molecule has 2 aromatic carbocycles. The first-order valence-electron chi connectivity index (χ1n) is 15.1. The fourth-order valence-electron chi connectivity index (χ4n) is 5.18. The van der Waals surface area contributed by atoms with Crippen molar-refractivity contribution in [2.24, 2.45) is 0 Å². The Bertz CT molecular complexity index is 1730. The van der Waals surface area contributed by atoms with Gasteiger partial charge in [0.1, 0.15) is 17.7 Å². The molecule has 0 aromatic heterocycles. The molecule has 0 spiro atoms. The number of carboxylic acids is 1. The Morgan fingerprint density at radius 2 is 1.49 bits per heavy atom. The van der Waals surface area contributed by atoms with Crippen LogP contribution in [0.3, 0.4) is 0 Å². The first-order valence-corrected chi connectivity index (χ1v) is 15.1. The molecule has 0 fully saturated rings. The number of carbonyl (C=O) groups is 5. The van der Waals surface area contributed by atoms with E-state index in [4.69, 9.17) is 19.2 Å². The lowest BCUT2D eigenvalue weighted by Gasteiger charge is -2.26. The van der Waals surface area contributed by atoms with Gasteiger partial charge in [-0.2, -0.15) is 26.3 Å². The number of hydrogen-bond donors (Lipinski definition) is 5. The molecule has 273 valence electrons. The van der Waals surface area contributed by atoms with E-state index in [0.717, 1.165) is 19.6 Å². The zero-order valence-electron chi connectivity index (χ0n) is 27.1. The van der Waals surface area contributed by atoms with Crippen molar-refractivity contribution in [2.45, 2.75) is 76.9 Å². The molecule has 2 aromatic rings. The van der Waals surface area contributed by atoms with Gasteiger partial charge < -0.3 is 40.1 Å². The van der Waals surface area contributed by atoms with E-state index in [2.05, 4.69) is 16.0 Å². The number of carbonyl (C=O) groups excluding carboxylic acids is 4. The number of rotatable bonds is 11. The minimum Gasteiger partial charge on any atom is -0.481 e. The molecule has 2 aliphatic rings. The van der Waals surface area contributed by atoms with Crippen LogP contribution < -0.4 is 26.9 Å². The van der Waals surface area contributed by atoms with Crippen molar-refractivity contribution in [3.8, 4) is 0 Å². The van der Waals surface area contributed by atoms with E-state index in [9.17, 15) is 55.3 Å². The van der Waals surface area contributed by atoms with Crippen LogP contribution in [-0.4, -0.2) is 78.6 Å². The standard InChI is InChI=1S/C30H30B2F6N3O10/c1-28(2,3)51-27(47)21(4-5-23(42)43)40-26(46)22(10-39-24(44)13-6-17(29(33,34)35)15-11-49-31-19(15)8-13)41-25(45)14-7-18(30(36,37)38)16-12-50-32(48)20(16)9-14/h6-9,21-22,48H,4-5,10-12H2,1-3H3,(H,39,44)(H,40,46)(H,41,45)(H,42,43). The van der Waals surface area contributed by atoms with E-state index in [1.807, 2.05) is 0 Å². The number of aliphatic carboxylic acids is 1. The number of fused-ring (bicyclic) bond motifs is 2. The van der Waals surface area contributed by atoms with Crippen molar-refractivity contribution < 1.29 is 74.5 Å². The fourth-order valence-corrected chi connectivity index (χ4v) is 5.18. The number of amides is 3. The van der Waals surface area contributed by atoms with Crippen LogP contribution in [0, 0.1) is 0 Å². The molecule has 21 heteroatoms. The molecule has 0 saturated carbocycles. The summed E-state index contributed by atoms with van der Waals surface area (Å²) in [5, 5.41) is 25.7. The lowest BCUT2D eigenvalue weighted by Crippen LogP contribution is -2.56. The van der Waals surface area contributed by atoms with Crippen molar-refractivity contribution in [2.75, 3.05) is 6.54 Å². The van der Waals surface area contributed by atoms with Gasteiger partial charge in [0.05, 0.1) is 24.3 Å². The smallest absolute Gasteiger partial charge is 0.481 e. The van der Waals surface area contributed by atoms with E-state index in [0.29, 0.717) is 12.1 Å². The number of benzene rings is 2. The molecular formula is C30H30B2F6N3O10. The Labute approximate surface area is 286 Å². The largest absolute Gasteiger partial charge is 0.491 e. The highest BCUT2D eigenvalue weighted by molar-refractivity contribution is 6.61. The summed E-state index contributed by atoms with van der Waals surface area (Å²) in [4.78, 5) is 64.1. The van der Waals surface area contributed by atoms with Crippen LogP contribution in [0.5, 0.6) is 0 Å². The number of esters is 1. The Hall–Kier alpha value is -4.62. The van der Waals surface area contributed by atoms with Gasteiger partial charge >= 0.3 is 38.9 Å². The van der Waals surface area contributed by atoms with Crippen LogP contribution in [0.1, 0.15) is 76.6 Å². The molecule has 0 saturated heterocycles. The minimum absolute atomic E-state index is 0.0422. The summed E-state index contributed by atoms with van der Waals surface area (Å²) in [7, 11) is -0.799. The summed E-state index contributed by atoms with van der Waals surface area (Å²) in [6, 6.07) is -0.586. The van der Waals surface area contributed by atoms with E-state index in [-0.39, 0.29) is 16.5 Å². The number of hydrogen-bond acceptors (Lipinski definition) is 9. The van der Waals surface area contributed by atoms with Crippen LogP contribution in [0.15, 0.2) is 24.3 Å². The maximum Gasteiger partial charge on any atom is 0.491 e. The third kappa shape index (κ3) is 9.79. The number of ether oxygens (including phenoxy) is 1.